The van der Waals surface area contributed by atoms with Crippen molar-refractivity contribution < 1.29 is 4.74 Å². The molecule has 0 saturated heterocycles. The van der Waals surface area contributed by atoms with Gasteiger partial charge in [-0.2, -0.15) is 0 Å². The van der Waals surface area contributed by atoms with Crippen LogP contribution >= 0.6 is 0 Å². The van der Waals surface area contributed by atoms with E-state index < -0.39 is 0 Å². The fourth-order valence-corrected chi connectivity index (χ4v) is 1.92. The maximum absolute atomic E-state index is 5.73. The molecule has 2 aromatic rings. The van der Waals surface area contributed by atoms with Gasteiger partial charge in [0.1, 0.15) is 11.6 Å². The van der Waals surface area contributed by atoms with Gasteiger partial charge >= 0.3 is 0 Å². The first-order chi connectivity index (χ1) is 8.72. The summed E-state index contributed by atoms with van der Waals surface area (Å²) in [6.07, 6.45) is 2.71. The molecule has 0 radical (unpaired) electrons. The molecule has 0 aliphatic carbocycles. The monoisotopic (exact) mass is 245 g/mol. The Morgan fingerprint density at radius 2 is 2.17 bits per heavy atom. The van der Waals surface area contributed by atoms with Gasteiger partial charge in [0.15, 0.2) is 0 Å². The number of rotatable bonds is 5. The Bertz CT molecular complexity index is 525. The zero-order valence-electron chi connectivity index (χ0n) is 10.8. The van der Waals surface area contributed by atoms with Crippen LogP contribution in [0.1, 0.15) is 13.3 Å². The van der Waals surface area contributed by atoms with Crippen LogP contribution in [0.25, 0.3) is 10.8 Å². The molecule has 1 heterocycles. The summed E-state index contributed by atoms with van der Waals surface area (Å²) in [7, 11) is 1.68. The molecule has 0 amide bonds. The predicted molar refractivity (Wildman–Crippen MR) is 75.1 cm³/mol. The van der Waals surface area contributed by atoms with Crippen molar-refractivity contribution in [1.82, 2.24) is 4.98 Å². The third kappa shape index (κ3) is 2.71. The van der Waals surface area contributed by atoms with E-state index in [-0.39, 0.29) is 6.04 Å². The Labute approximate surface area is 107 Å². The van der Waals surface area contributed by atoms with Crippen molar-refractivity contribution in [3.63, 3.8) is 0 Å². The van der Waals surface area contributed by atoms with Crippen LogP contribution in [0.3, 0.4) is 0 Å². The number of pyridine rings is 1. The molecule has 0 bridgehead atoms. The first-order valence-corrected chi connectivity index (χ1v) is 6.13. The molecule has 2 rings (SSSR count). The van der Waals surface area contributed by atoms with Crippen LogP contribution in [0.15, 0.2) is 30.5 Å². The highest BCUT2D eigenvalue weighted by Gasteiger charge is 2.05. The number of ether oxygens (including phenoxy) is 1. The second-order valence-electron chi connectivity index (χ2n) is 4.41. The lowest BCUT2D eigenvalue weighted by Gasteiger charge is -2.11. The molecule has 4 heteroatoms. The minimum Gasteiger partial charge on any atom is -0.496 e. The molecule has 4 nitrogen and oxygen atoms in total. The highest BCUT2D eigenvalue weighted by atomic mass is 16.5. The number of nitrogens with one attached hydrogen (secondary N) is 1. The Balaban J connectivity index is 2.28. The average Bonchev–Trinajstić information content (AvgIpc) is 2.38. The van der Waals surface area contributed by atoms with Crippen molar-refractivity contribution in [3.05, 3.63) is 30.5 Å². The van der Waals surface area contributed by atoms with Gasteiger partial charge in [-0.3, -0.25) is 0 Å². The largest absolute Gasteiger partial charge is 0.496 e. The summed E-state index contributed by atoms with van der Waals surface area (Å²) < 4.78 is 5.35. The van der Waals surface area contributed by atoms with Crippen LogP contribution in [-0.2, 0) is 0 Å². The Morgan fingerprint density at radius 3 is 2.89 bits per heavy atom. The Kier molecular flexibility index (Phi) is 3.99. The van der Waals surface area contributed by atoms with Crippen LogP contribution < -0.4 is 15.8 Å². The Hall–Kier alpha value is -1.81. The van der Waals surface area contributed by atoms with Gasteiger partial charge in [0, 0.05) is 29.6 Å². The summed E-state index contributed by atoms with van der Waals surface area (Å²) in [5.41, 5.74) is 5.73. The zero-order valence-corrected chi connectivity index (χ0v) is 10.8. The summed E-state index contributed by atoms with van der Waals surface area (Å²) in [6, 6.07) is 8.12. The van der Waals surface area contributed by atoms with Gasteiger partial charge in [0.05, 0.1) is 7.11 Å². The second-order valence-corrected chi connectivity index (χ2v) is 4.41. The molecular weight excluding hydrogens is 226 g/mol. The minimum absolute atomic E-state index is 0.196. The first kappa shape index (κ1) is 12.6. The van der Waals surface area contributed by atoms with Gasteiger partial charge < -0.3 is 15.8 Å². The topological polar surface area (TPSA) is 60.2 Å². The lowest BCUT2D eigenvalue weighted by atomic mass is 10.1. The zero-order chi connectivity index (χ0) is 13.0. The number of anilines is 1. The molecule has 3 N–H and O–H groups in total. The van der Waals surface area contributed by atoms with E-state index in [0.29, 0.717) is 0 Å². The third-order valence-electron chi connectivity index (χ3n) is 2.88. The van der Waals surface area contributed by atoms with E-state index in [9.17, 15) is 0 Å². The van der Waals surface area contributed by atoms with Crippen molar-refractivity contribution in [2.24, 2.45) is 5.73 Å². The molecule has 1 unspecified atom stereocenters. The van der Waals surface area contributed by atoms with E-state index in [1.807, 2.05) is 31.2 Å². The summed E-state index contributed by atoms with van der Waals surface area (Å²) in [5.74, 6) is 1.75. The lowest BCUT2D eigenvalue weighted by molar-refractivity contribution is 0.420. The van der Waals surface area contributed by atoms with E-state index >= 15 is 0 Å². The third-order valence-corrected chi connectivity index (χ3v) is 2.88. The minimum atomic E-state index is 0.196. The highest BCUT2D eigenvalue weighted by molar-refractivity contribution is 5.95. The number of hydrogen-bond donors (Lipinski definition) is 2. The molecule has 0 aliphatic rings. The van der Waals surface area contributed by atoms with Gasteiger partial charge in [-0.15, -0.1) is 0 Å². The SMILES string of the molecule is COc1cccc2c(NCCC(C)N)nccc12. The number of fused-ring (bicyclic) bond motifs is 1. The van der Waals surface area contributed by atoms with Crippen LogP contribution in [0.5, 0.6) is 5.75 Å². The molecule has 18 heavy (non-hydrogen) atoms. The Morgan fingerprint density at radius 1 is 1.33 bits per heavy atom. The van der Waals surface area contributed by atoms with Gasteiger partial charge in [0.25, 0.3) is 0 Å². The maximum Gasteiger partial charge on any atom is 0.133 e. The average molecular weight is 245 g/mol. The van der Waals surface area contributed by atoms with Gasteiger partial charge in [-0.05, 0) is 25.5 Å². The molecule has 0 saturated carbocycles. The van der Waals surface area contributed by atoms with Crippen molar-refractivity contribution in [2.75, 3.05) is 19.0 Å². The molecular formula is C14H19N3O. The number of aromatic nitrogens is 1. The molecule has 1 aromatic carbocycles. The number of hydrogen-bond acceptors (Lipinski definition) is 4. The molecule has 1 aromatic heterocycles. The van der Waals surface area contributed by atoms with Crippen LogP contribution in [0.4, 0.5) is 5.82 Å². The molecule has 0 aliphatic heterocycles. The van der Waals surface area contributed by atoms with Crippen LogP contribution in [0.2, 0.25) is 0 Å². The summed E-state index contributed by atoms with van der Waals surface area (Å²) in [6.45, 7) is 2.82. The smallest absolute Gasteiger partial charge is 0.133 e. The van der Waals surface area contributed by atoms with Crippen molar-refractivity contribution >= 4 is 16.6 Å². The van der Waals surface area contributed by atoms with Gasteiger partial charge in [-0.1, -0.05) is 12.1 Å². The van der Waals surface area contributed by atoms with E-state index in [0.717, 1.165) is 35.3 Å². The van der Waals surface area contributed by atoms with Crippen molar-refractivity contribution in [2.45, 2.75) is 19.4 Å². The lowest BCUT2D eigenvalue weighted by Crippen LogP contribution is -2.19. The van der Waals surface area contributed by atoms with E-state index in [2.05, 4.69) is 10.3 Å². The van der Waals surface area contributed by atoms with Crippen molar-refractivity contribution in [3.8, 4) is 5.75 Å². The fraction of sp³-hybridized carbons (Fsp3) is 0.357. The van der Waals surface area contributed by atoms with E-state index in [4.69, 9.17) is 10.5 Å². The number of benzene rings is 1. The van der Waals surface area contributed by atoms with E-state index in [1.165, 1.54) is 0 Å². The van der Waals surface area contributed by atoms with Gasteiger partial charge in [-0.25, -0.2) is 4.98 Å². The molecule has 0 fully saturated rings. The predicted octanol–water partition coefficient (Wildman–Crippen LogP) is 2.39. The second kappa shape index (κ2) is 5.69. The summed E-state index contributed by atoms with van der Waals surface area (Å²) in [5, 5.41) is 5.46. The molecule has 0 spiro atoms. The van der Waals surface area contributed by atoms with Crippen LogP contribution in [0, 0.1) is 0 Å². The number of nitrogens with zero attached hydrogens (tertiary/aromatic N) is 1. The molecule has 96 valence electrons. The number of nitrogens with two attached hydrogens (primary N) is 1. The van der Waals surface area contributed by atoms with Crippen molar-refractivity contribution in [1.29, 1.82) is 0 Å². The van der Waals surface area contributed by atoms with Gasteiger partial charge in [0.2, 0.25) is 0 Å². The normalized spacial score (nSPS) is 12.4. The fourth-order valence-electron chi connectivity index (χ4n) is 1.92. The summed E-state index contributed by atoms with van der Waals surface area (Å²) >= 11 is 0. The quantitative estimate of drug-likeness (QED) is 0.849. The molecule has 1 atom stereocenters. The maximum atomic E-state index is 5.73. The first-order valence-electron chi connectivity index (χ1n) is 6.13. The number of methoxy groups -OCH3 is 1. The van der Waals surface area contributed by atoms with E-state index in [1.54, 1.807) is 13.3 Å². The highest BCUT2D eigenvalue weighted by Crippen LogP contribution is 2.28. The summed E-state index contributed by atoms with van der Waals surface area (Å²) in [4.78, 5) is 4.37. The standard InChI is InChI=1S/C14H19N3O/c1-10(15)6-8-16-14-12-4-3-5-13(18-2)11(12)7-9-17-14/h3-5,7,9-10H,6,8,15H2,1-2H3,(H,16,17). The van der Waals surface area contributed by atoms with Crippen LogP contribution in [-0.4, -0.2) is 24.7 Å².